The van der Waals surface area contributed by atoms with Gasteiger partial charge in [-0.25, -0.2) is 15.0 Å². The van der Waals surface area contributed by atoms with Gasteiger partial charge in [-0.1, -0.05) is 0 Å². The van der Waals surface area contributed by atoms with Gasteiger partial charge >= 0.3 is 0 Å². The summed E-state index contributed by atoms with van der Waals surface area (Å²) < 4.78 is 1.72. The number of hydrogen-bond donors (Lipinski definition) is 2. The fraction of sp³-hybridized carbons (Fsp3) is 0.429. The van der Waals surface area contributed by atoms with Gasteiger partial charge in [0, 0.05) is 24.6 Å². The first-order valence-electron chi connectivity index (χ1n) is 7.02. The molecule has 7 heteroatoms. The number of amides is 1. The first kappa shape index (κ1) is 13.7. The van der Waals surface area contributed by atoms with E-state index in [0.29, 0.717) is 5.82 Å². The van der Waals surface area contributed by atoms with E-state index in [-0.39, 0.29) is 23.9 Å². The molecule has 1 aliphatic carbocycles. The highest BCUT2D eigenvalue weighted by Crippen LogP contribution is 2.18. The lowest BCUT2D eigenvalue weighted by Gasteiger charge is -2.25. The van der Waals surface area contributed by atoms with Crippen LogP contribution < -0.4 is 5.32 Å². The number of carbonyl (C=O) groups excluding carboxylic acids is 1. The van der Waals surface area contributed by atoms with Gasteiger partial charge in [-0.05, 0) is 31.7 Å². The maximum absolute atomic E-state index is 12.2. The van der Waals surface area contributed by atoms with Crippen LogP contribution >= 0.6 is 0 Å². The largest absolute Gasteiger partial charge is 0.393 e. The van der Waals surface area contributed by atoms with Crippen LogP contribution in [0.25, 0.3) is 5.82 Å². The number of nitrogens with one attached hydrogen (secondary N) is 1. The summed E-state index contributed by atoms with van der Waals surface area (Å²) in [5.41, 5.74) is 0. The van der Waals surface area contributed by atoms with Crippen LogP contribution in [-0.2, 0) is 0 Å². The van der Waals surface area contributed by atoms with E-state index < -0.39 is 0 Å². The summed E-state index contributed by atoms with van der Waals surface area (Å²) in [5, 5.41) is 12.4. The topological polar surface area (TPSA) is 92.9 Å². The SMILES string of the molecule is O=C(NC1CCC(O)CC1)c1nccc(-n2ccnc2)n1. The second-order valence-corrected chi connectivity index (χ2v) is 5.19. The normalized spacial score (nSPS) is 22.0. The Kier molecular flexibility index (Phi) is 3.92. The Bertz CT molecular complexity index is 606. The zero-order valence-electron chi connectivity index (χ0n) is 11.5. The minimum absolute atomic E-state index is 0.0846. The van der Waals surface area contributed by atoms with Gasteiger partial charge in [0.2, 0.25) is 5.82 Å². The van der Waals surface area contributed by atoms with Crippen molar-refractivity contribution in [3.63, 3.8) is 0 Å². The van der Waals surface area contributed by atoms with E-state index in [1.807, 2.05) is 0 Å². The second kappa shape index (κ2) is 6.01. The minimum atomic E-state index is -0.279. The van der Waals surface area contributed by atoms with Crippen molar-refractivity contribution in [1.82, 2.24) is 24.8 Å². The molecule has 7 nitrogen and oxygen atoms in total. The molecule has 2 aromatic rings. The standard InChI is InChI=1S/C14H17N5O2/c20-11-3-1-10(2-4-11)17-14(21)13-16-6-5-12(18-13)19-8-7-15-9-19/h5-11,20H,1-4H2,(H,17,21). The van der Waals surface area contributed by atoms with E-state index in [9.17, 15) is 9.90 Å². The number of aromatic nitrogens is 4. The summed E-state index contributed by atoms with van der Waals surface area (Å²) >= 11 is 0. The molecule has 1 amide bonds. The van der Waals surface area contributed by atoms with Gasteiger partial charge in [0.25, 0.3) is 5.91 Å². The minimum Gasteiger partial charge on any atom is -0.393 e. The fourth-order valence-corrected chi connectivity index (χ4v) is 2.47. The molecule has 2 N–H and O–H groups in total. The fourth-order valence-electron chi connectivity index (χ4n) is 2.47. The third kappa shape index (κ3) is 3.25. The summed E-state index contributed by atoms with van der Waals surface area (Å²) in [7, 11) is 0. The van der Waals surface area contributed by atoms with Gasteiger partial charge in [-0.15, -0.1) is 0 Å². The number of aliphatic hydroxyl groups is 1. The molecule has 0 atom stereocenters. The molecule has 0 aromatic carbocycles. The lowest BCUT2D eigenvalue weighted by atomic mass is 9.93. The molecule has 0 saturated heterocycles. The van der Waals surface area contributed by atoms with E-state index in [0.717, 1.165) is 25.7 Å². The molecular weight excluding hydrogens is 270 g/mol. The molecule has 0 aliphatic heterocycles. The summed E-state index contributed by atoms with van der Waals surface area (Å²) in [6, 6.07) is 1.80. The lowest BCUT2D eigenvalue weighted by Crippen LogP contribution is -2.39. The molecule has 1 saturated carbocycles. The Morgan fingerprint density at radius 1 is 1.29 bits per heavy atom. The number of nitrogens with zero attached hydrogens (tertiary/aromatic N) is 4. The smallest absolute Gasteiger partial charge is 0.289 e. The molecule has 0 spiro atoms. The van der Waals surface area contributed by atoms with Crippen LogP contribution in [0.15, 0.2) is 31.0 Å². The molecule has 2 aromatic heterocycles. The van der Waals surface area contributed by atoms with Crippen LogP contribution in [0.4, 0.5) is 0 Å². The van der Waals surface area contributed by atoms with Crippen molar-refractivity contribution in [2.45, 2.75) is 37.8 Å². The highest BCUT2D eigenvalue weighted by atomic mass is 16.3. The molecule has 110 valence electrons. The Hall–Kier alpha value is -2.28. The van der Waals surface area contributed by atoms with Crippen LogP contribution in [0, 0.1) is 0 Å². The van der Waals surface area contributed by atoms with Crippen LogP contribution in [-0.4, -0.2) is 42.7 Å². The van der Waals surface area contributed by atoms with Crippen molar-refractivity contribution in [2.75, 3.05) is 0 Å². The molecule has 2 heterocycles. The third-order valence-corrected chi connectivity index (χ3v) is 3.64. The number of carbonyl (C=O) groups is 1. The average molecular weight is 287 g/mol. The molecule has 1 fully saturated rings. The predicted molar refractivity (Wildman–Crippen MR) is 74.9 cm³/mol. The van der Waals surface area contributed by atoms with Crippen molar-refractivity contribution < 1.29 is 9.90 Å². The zero-order valence-corrected chi connectivity index (χ0v) is 11.5. The van der Waals surface area contributed by atoms with Crippen LogP contribution in [0.2, 0.25) is 0 Å². The van der Waals surface area contributed by atoms with Crippen molar-refractivity contribution in [2.24, 2.45) is 0 Å². The van der Waals surface area contributed by atoms with Gasteiger partial charge in [-0.2, -0.15) is 0 Å². The molecule has 0 radical (unpaired) electrons. The monoisotopic (exact) mass is 287 g/mol. The van der Waals surface area contributed by atoms with E-state index >= 15 is 0 Å². The van der Waals surface area contributed by atoms with E-state index in [4.69, 9.17) is 0 Å². The molecule has 0 bridgehead atoms. The lowest BCUT2D eigenvalue weighted by molar-refractivity contribution is 0.0858. The number of imidazole rings is 1. The molecule has 0 unspecified atom stereocenters. The predicted octanol–water partition coefficient (Wildman–Crippen LogP) is 0.696. The summed E-state index contributed by atoms with van der Waals surface area (Å²) in [5.74, 6) is 0.470. The molecule has 3 rings (SSSR count). The average Bonchev–Trinajstić information content (AvgIpc) is 3.04. The zero-order chi connectivity index (χ0) is 14.7. The maximum Gasteiger partial charge on any atom is 0.289 e. The third-order valence-electron chi connectivity index (χ3n) is 3.64. The van der Waals surface area contributed by atoms with Crippen LogP contribution in [0.5, 0.6) is 0 Å². The highest BCUT2D eigenvalue weighted by molar-refractivity contribution is 5.90. The first-order chi connectivity index (χ1) is 10.2. The van der Waals surface area contributed by atoms with Crippen molar-refractivity contribution in [3.05, 3.63) is 36.8 Å². The summed E-state index contributed by atoms with van der Waals surface area (Å²) in [4.78, 5) is 24.4. The van der Waals surface area contributed by atoms with Gasteiger partial charge in [-0.3, -0.25) is 9.36 Å². The Morgan fingerprint density at radius 3 is 2.81 bits per heavy atom. The van der Waals surface area contributed by atoms with Crippen molar-refractivity contribution in [1.29, 1.82) is 0 Å². The Balaban J connectivity index is 1.69. The van der Waals surface area contributed by atoms with Crippen molar-refractivity contribution >= 4 is 5.91 Å². The van der Waals surface area contributed by atoms with Gasteiger partial charge in [0.05, 0.1) is 6.10 Å². The summed E-state index contributed by atoms with van der Waals surface area (Å²) in [6.45, 7) is 0. The van der Waals surface area contributed by atoms with Crippen LogP contribution in [0.3, 0.4) is 0 Å². The number of hydrogen-bond acceptors (Lipinski definition) is 5. The summed E-state index contributed by atoms with van der Waals surface area (Å²) in [6.07, 6.45) is 9.36. The second-order valence-electron chi connectivity index (χ2n) is 5.19. The number of aliphatic hydroxyl groups excluding tert-OH is 1. The first-order valence-corrected chi connectivity index (χ1v) is 7.02. The highest BCUT2D eigenvalue weighted by Gasteiger charge is 2.22. The molecule has 1 aliphatic rings. The molecular formula is C14H17N5O2. The Labute approximate surface area is 122 Å². The van der Waals surface area contributed by atoms with Gasteiger partial charge in [0.1, 0.15) is 12.1 Å². The Morgan fingerprint density at radius 2 is 2.10 bits per heavy atom. The van der Waals surface area contributed by atoms with E-state index in [1.54, 1.807) is 35.6 Å². The quantitative estimate of drug-likeness (QED) is 0.866. The van der Waals surface area contributed by atoms with E-state index in [2.05, 4.69) is 20.3 Å². The molecule has 21 heavy (non-hydrogen) atoms. The van der Waals surface area contributed by atoms with Gasteiger partial charge in [0.15, 0.2) is 0 Å². The van der Waals surface area contributed by atoms with Crippen molar-refractivity contribution in [3.8, 4) is 5.82 Å². The van der Waals surface area contributed by atoms with E-state index in [1.165, 1.54) is 0 Å². The number of rotatable bonds is 3. The maximum atomic E-state index is 12.2. The van der Waals surface area contributed by atoms with Crippen LogP contribution in [0.1, 0.15) is 36.3 Å². The van der Waals surface area contributed by atoms with Gasteiger partial charge < -0.3 is 10.4 Å².